The third-order valence-electron chi connectivity index (χ3n) is 2.02. The van der Waals surface area contributed by atoms with Gasteiger partial charge in [-0.15, -0.1) is 0 Å². The van der Waals surface area contributed by atoms with Crippen LogP contribution < -0.4 is 0 Å². The lowest BCUT2D eigenvalue weighted by Gasteiger charge is -2.08. The van der Waals surface area contributed by atoms with Gasteiger partial charge in [-0.1, -0.05) is 45.4 Å². The van der Waals surface area contributed by atoms with Gasteiger partial charge in [-0.05, 0) is 5.56 Å². The van der Waals surface area contributed by atoms with E-state index in [9.17, 15) is 13.6 Å². The summed E-state index contributed by atoms with van der Waals surface area (Å²) in [5.41, 5.74) is 0.786. The van der Waals surface area contributed by atoms with Gasteiger partial charge in [-0.25, -0.2) is 4.79 Å². The van der Waals surface area contributed by atoms with Gasteiger partial charge in [-0.2, -0.15) is 8.78 Å². The molecule has 1 aromatic rings. The van der Waals surface area contributed by atoms with E-state index in [2.05, 4.69) is 30.7 Å². The Balaban J connectivity index is 3.17. The molecule has 0 unspecified atom stereocenters. The first-order chi connectivity index (χ1) is 8.60. The number of ether oxygens (including phenoxy) is 1. The zero-order valence-corrected chi connectivity index (χ0v) is 11.0. The Morgan fingerprint density at radius 2 is 2.11 bits per heavy atom. The monoisotopic (exact) mass is 321 g/mol. The molecule has 1 aromatic carbocycles. The van der Waals surface area contributed by atoms with Crippen molar-refractivity contribution in [2.75, 3.05) is 7.11 Å². The number of methoxy groups -OCH3 is 1. The standard InChI is InChI=1S/C11H10BrF2NO3/c1-17-10(16)9(15-18-11(13)14)8-5-3-2-4-7(8)6-12/h2-5,11H,6H2,1H3. The minimum atomic E-state index is -3.10. The highest BCUT2D eigenvalue weighted by Crippen LogP contribution is 2.15. The van der Waals surface area contributed by atoms with E-state index in [1.807, 2.05) is 0 Å². The molecule has 0 amide bonds. The molecule has 0 aliphatic carbocycles. The second-order valence-electron chi connectivity index (χ2n) is 3.09. The lowest BCUT2D eigenvalue weighted by molar-refractivity contribution is -0.136. The number of carbonyl (C=O) groups excluding carboxylic acids is 1. The lowest BCUT2D eigenvalue weighted by Crippen LogP contribution is -2.19. The molecule has 0 aliphatic heterocycles. The average molecular weight is 322 g/mol. The van der Waals surface area contributed by atoms with Gasteiger partial charge >= 0.3 is 12.6 Å². The number of benzene rings is 1. The molecule has 0 bridgehead atoms. The predicted octanol–water partition coefficient (Wildman–Crippen LogP) is 2.70. The Bertz CT molecular complexity index is 452. The van der Waals surface area contributed by atoms with Crippen LogP contribution in [-0.2, 0) is 19.7 Å². The fourth-order valence-electron chi connectivity index (χ4n) is 1.25. The summed E-state index contributed by atoms with van der Waals surface area (Å²) in [7, 11) is 1.14. The smallest absolute Gasteiger partial charge is 0.407 e. The van der Waals surface area contributed by atoms with Crippen LogP contribution in [0, 0.1) is 0 Å². The maximum atomic E-state index is 12.0. The van der Waals surface area contributed by atoms with E-state index in [0.29, 0.717) is 16.5 Å². The number of rotatable bonds is 5. The topological polar surface area (TPSA) is 47.9 Å². The van der Waals surface area contributed by atoms with Gasteiger partial charge in [0.25, 0.3) is 0 Å². The van der Waals surface area contributed by atoms with Gasteiger partial charge in [0.05, 0.1) is 7.11 Å². The molecule has 0 radical (unpaired) electrons. The highest BCUT2D eigenvalue weighted by molar-refractivity contribution is 9.08. The van der Waals surface area contributed by atoms with Crippen LogP contribution in [0.15, 0.2) is 29.4 Å². The fourth-order valence-corrected chi connectivity index (χ4v) is 1.74. The van der Waals surface area contributed by atoms with Gasteiger partial charge in [0, 0.05) is 10.9 Å². The first-order valence-corrected chi connectivity index (χ1v) is 5.96. The van der Waals surface area contributed by atoms with E-state index in [4.69, 9.17) is 0 Å². The maximum absolute atomic E-state index is 12.0. The van der Waals surface area contributed by atoms with Crippen molar-refractivity contribution in [3.8, 4) is 0 Å². The Labute approximate surface area is 111 Å². The summed E-state index contributed by atoms with van der Waals surface area (Å²) in [5, 5.41) is 3.58. The second kappa shape index (κ2) is 7.05. The van der Waals surface area contributed by atoms with Gasteiger partial charge in [-0.3, -0.25) is 0 Å². The van der Waals surface area contributed by atoms with E-state index in [-0.39, 0.29) is 5.71 Å². The van der Waals surface area contributed by atoms with Crippen molar-refractivity contribution in [3.05, 3.63) is 35.4 Å². The van der Waals surface area contributed by atoms with Crippen LogP contribution in [0.5, 0.6) is 0 Å². The molecule has 18 heavy (non-hydrogen) atoms. The molecule has 0 aliphatic rings. The van der Waals surface area contributed by atoms with Crippen LogP contribution >= 0.6 is 15.9 Å². The summed E-state index contributed by atoms with van der Waals surface area (Å²) in [4.78, 5) is 15.3. The quantitative estimate of drug-likeness (QED) is 0.362. The molecular formula is C11H10BrF2NO3. The first-order valence-electron chi connectivity index (χ1n) is 4.84. The number of oxime groups is 1. The average Bonchev–Trinajstić information content (AvgIpc) is 2.38. The van der Waals surface area contributed by atoms with E-state index in [1.165, 1.54) is 0 Å². The van der Waals surface area contributed by atoms with Crippen molar-refractivity contribution < 1.29 is 23.1 Å². The molecule has 0 spiro atoms. The largest absolute Gasteiger partial charge is 0.464 e. The molecule has 1 rings (SSSR count). The minimum absolute atomic E-state index is 0.298. The van der Waals surface area contributed by atoms with Gasteiger partial charge in [0.15, 0.2) is 5.71 Å². The normalized spacial score (nSPS) is 11.5. The Hall–Kier alpha value is -1.50. The number of hydrogen-bond donors (Lipinski definition) is 0. The Kier molecular flexibility index (Phi) is 5.70. The first kappa shape index (κ1) is 14.6. The maximum Gasteiger partial charge on any atom is 0.407 e. The van der Waals surface area contributed by atoms with Crippen LogP contribution in [-0.4, -0.2) is 25.4 Å². The van der Waals surface area contributed by atoms with Crippen molar-refractivity contribution in [2.45, 2.75) is 11.9 Å². The molecule has 0 aromatic heterocycles. The molecule has 0 N–H and O–H groups in total. The van der Waals surface area contributed by atoms with Crippen LogP contribution in [0.25, 0.3) is 0 Å². The summed E-state index contributed by atoms with van der Waals surface area (Å²) in [6, 6.07) is 6.71. The minimum Gasteiger partial charge on any atom is -0.464 e. The summed E-state index contributed by atoms with van der Waals surface area (Å²) >= 11 is 3.23. The zero-order chi connectivity index (χ0) is 13.5. The molecule has 0 saturated carbocycles. The van der Waals surface area contributed by atoms with E-state index < -0.39 is 12.6 Å². The summed E-state index contributed by atoms with van der Waals surface area (Å²) in [5.74, 6) is -0.843. The number of hydrogen-bond acceptors (Lipinski definition) is 4. The van der Waals surface area contributed by atoms with Gasteiger partial charge in [0.2, 0.25) is 0 Å². The van der Waals surface area contributed by atoms with Crippen LogP contribution in [0.4, 0.5) is 8.78 Å². The van der Waals surface area contributed by atoms with E-state index in [0.717, 1.165) is 7.11 Å². The molecule has 0 saturated heterocycles. The molecule has 0 atom stereocenters. The molecule has 0 heterocycles. The van der Waals surface area contributed by atoms with Gasteiger partial charge in [0.1, 0.15) is 0 Å². The van der Waals surface area contributed by atoms with Crippen LogP contribution in [0.3, 0.4) is 0 Å². The highest BCUT2D eigenvalue weighted by atomic mass is 79.9. The van der Waals surface area contributed by atoms with Crippen molar-refractivity contribution in [2.24, 2.45) is 5.16 Å². The zero-order valence-electron chi connectivity index (χ0n) is 9.40. The third kappa shape index (κ3) is 3.76. The number of nitrogens with zero attached hydrogens (tertiary/aromatic N) is 1. The van der Waals surface area contributed by atoms with Gasteiger partial charge < -0.3 is 9.57 Å². The summed E-state index contributed by atoms with van der Waals surface area (Å²) in [6.45, 7) is -3.10. The predicted molar refractivity (Wildman–Crippen MR) is 64.7 cm³/mol. The van der Waals surface area contributed by atoms with Crippen molar-refractivity contribution in [1.82, 2.24) is 0 Å². The van der Waals surface area contributed by atoms with Crippen molar-refractivity contribution >= 4 is 27.6 Å². The third-order valence-corrected chi connectivity index (χ3v) is 2.62. The van der Waals surface area contributed by atoms with Crippen LogP contribution in [0.1, 0.15) is 11.1 Å². The summed E-state index contributed by atoms with van der Waals surface area (Å²) < 4.78 is 28.4. The lowest BCUT2D eigenvalue weighted by atomic mass is 10.0. The number of carbonyl (C=O) groups is 1. The number of halogens is 3. The second-order valence-corrected chi connectivity index (χ2v) is 3.65. The molecule has 98 valence electrons. The van der Waals surface area contributed by atoms with E-state index >= 15 is 0 Å². The highest BCUT2D eigenvalue weighted by Gasteiger charge is 2.19. The molecule has 4 nitrogen and oxygen atoms in total. The molecule has 0 fully saturated rings. The summed E-state index contributed by atoms with van der Waals surface area (Å²) in [6.07, 6.45) is 0. The number of alkyl halides is 3. The van der Waals surface area contributed by atoms with Crippen LogP contribution in [0.2, 0.25) is 0 Å². The number of esters is 1. The Morgan fingerprint density at radius 1 is 1.44 bits per heavy atom. The molecular weight excluding hydrogens is 312 g/mol. The SMILES string of the molecule is COC(=O)C(=NOC(F)F)c1ccccc1CBr. The fraction of sp³-hybridized carbons (Fsp3) is 0.273. The van der Waals surface area contributed by atoms with Crippen molar-refractivity contribution in [3.63, 3.8) is 0 Å². The Morgan fingerprint density at radius 3 is 2.67 bits per heavy atom. The molecule has 7 heteroatoms. The van der Waals surface area contributed by atoms with Crippen molar-refractivity contribution in [1.29, 1.82) is 0 Å². The van der Waals surface area contributed by atoms with E-state index in [1.54, 1.807) is 24.3 Å².